The van der Waals surface area contributed by atoms with Gasteiger partial charge in [0.05, 0.1) is 16.0 Å². The third-order valence-corrected chi connectivity index (χ3v) is 6.78. The summed E-state index contributed by atoms with van der Waals surface area (Å²) >= 11 is 1.65. The molecule has 0 spiro atoms. The van der Waals surface area contributed by atoms with Crippen LogP contribution in [0.3, 0.4) is 0 Å². The van der Waals surface area contributed by atoms with Crippen molar-refractivity contribution in [2.24, 2.45) is 0 Å². The molecule has 2 unspecified atom stereocenters. The zero-order valence-electron chi connectivity index (χ0n) is 10.8. The van der Waals surface area contributed by atoms with Crippen molar-refractivity contribution < 1.29 is 8.42 Å². The molecule has 1 aliphatic heterocycles. The van der Waals surface area contributed by atoms with Crippen molar-refractivity contribution in [3.05, 3.63) is 16.1 Å². The van der Waals surface area contributed by atoms with E-state index in [9.17, 15) is 8.42 Å². The van der Waals surface area contributed by atoms with E-state index in [1.54, 1.807) is 11.3 Å². The number of sulfone groups is 1. The Morgan fingerprint density at radius 3 is 3.00 bits per heavy atom. The van der Waals surface area contributed by atoms with Gasteiger partial charge in [-0.3, -0.25) is 0 Å². The molecule has 0 aromatic carbocycles. The Balaban J connectivity index is 1.98. The normalized spacial score (nSPS) is 24.2. The zero-order chi connectivity index (χ0) is 13.2. The van der Waals surface area contributed by atoms with Gasteiger partial charge in [0.15, 0.2) is 9.84 Å². The summed E-state index contributed by atoms with van der Waals surface area (Å²) in [6, 6.07) is 0.425. The molecule has 1 N–H and O–H groups in total. The van der Waals surface area contributed by atoms with Crippen LogP contribution in [0.25, 0.3) is 0 Å². The summed E-state index contributed by atoms with van der Waals surface area (Å²) in [7, 11) is -0.907. The second-order valence-electron chi connectivity index (χ2n) is 4.95. The van der Waals surface area contributed by atoms with E-state index in [0.29, 0.717) is 18.2 Å². The van der Waals surface area contributed by atoms with Gasteiger partial charge < -0.3 is 5.32 Å². The first-order valence-corrected chi connectivity index (χ1v) is 8.87. The summed E-state index contributed by atoms with van der Waals surface area (Å²) in [6.45, 7) is 2.13. The van der Waals surface area contributed by atoms with E-state index >= 15 is 0 Å². The summed E-state index contributed by atoms with van der Waals surface area (Å²) in [4.78, 5) is 5.58. The molecule has 1 aliphatic rings. The summed E-state index contributed by atoms with van der Waals surface area (Å²) in [5.41, 5.74) is 0. The number of hydrogen-bond donors (Lipinski definition) is 1. The second kappa shape index (κ2) is 5.67. The number of thiazole rings is 1. The number of rotatable bonds is 5. The number of nitrogens with zero attached hydrogens (tertiary/aromatic N) is 1. The predicted molar refractivity (Wildman–Crippen MR) is 74.9 cm³/mol. The van der Waals surface area contributed by atoms with Gasteiger partial charge in [-0.15, -0.1) is 11.3 Å². The average Bonchev–Trinajstić information content (AvgIpc) is 2.87. The quantitative estimate of drug-likeness (QED) is 0.890. The van der Waals surface area contributed by atoms with Gasteiger partial charge in [0.2, 0.25) is 0 Å². The largest absolute Gasteiger partial charge is 0.317 e. The lowest BCUT2D eigenvalue weighted by Crippen LogP contribution is -2.22. The Morgan fingerprint density at radius 2 is 2.39 bits per heavy atom. The summed E-state index contributed by atoms with van der Waals surface area (Å²) in [6.07, 6.45) is 5.04. The standard InChI is InChI=1S/C12H20N2O2S2/c1-9(13-2)6-10-8-14-12(17-10)7-11-4-3-5-18(11,15)16/h8-9,11,13H,3-7H2,1-2H3. The highest BCUT2D eigenvalue weighted by Crippen LogP contribution is 2.25. The molecule has 1 aromatic rings. The third kappa shape index (κ3) is 3.30. The van der Waals surface area contributed by atoms with Crippen LogP contribution in [-0.2, 0) is 22.7 Å². The predicted octanol–water partition coefficient (Wildman–Crippen LogP) is 1.41. The van der Waals surface area contributed by atoms with Crippen LogP contribution in [0.4, 0.5) is 0 Å². The maximum absolute atomic E-state index is 11.8. The molecule has 0 aliphatic carbocycles. The van der Waals surface area contributed by atoms with Gasteiger partial charge in [-0.2, -0.15) is 0 Å². The van der Waals surface area contributed by atoms with Gasteiger partial charge in [0, 0.05) is 23.5 Å². The molecule has 2 rings (SSSR count). The van der Waals surface area contributed by atoms with Crippen LogP contribution in [0.15, 0.2) is 6.20 Å². The van der Waals surface area contributed by atoms with Crippen LogP contribution in [-0.4, -0.2) is 37.5 Å². The summed E-state index contributed by atoms with van der Waals surface area (Å²) < 4.78 is 23.5. The van der Waals surface area contributed by atoms with Crippen molar-refractivity contribution in [3.63, 3.8) is 0 Å². The molecule has 1 fully saturated rings. The van der Waals surface area contributed by atoms with E-state index in [-0.39, 0.29) is 5.25 Å². The molecule has 0 saturated carbocycles. The average molecular weight is 288 g/mol. The molecule has 1 aromatic heterocycles. The SMILES string of the molecule is CNC(C)Cc1cnc(CC2CCCS2(=O)=O)s1. The van der Waals surface area contributed by atoms with E-state index in [0.717, 1.165) is 24.3 Å². The summed E-state index contributed by atoms with van der Waals surface area (Å²) in [5.74, 6) is 0.354. The van der Waals surface area contributed by atoms with Crippen molar-refractivity contribution in [3.8, 4) is 0 Å². The minimum atomic E-state index is -2.85. The molecule has 0 radical (unpaired) electrons. The number of hydrogen-bond acceptors (Lipinski definition) is 5. The molecular formula is C12H20N2O2S2. The van der Waals surface area contributed by atoms with Gasteiger partial charge in [-0.05, 0) is 33.2 Å². The van der Waals surface area contributed by atoms with E-state index < -0.39 is 9.84 Å². The number of likely N-dealkylation sites (N-methyl/N-ethyl adjacent to an activating group) is 1. The Morgan fingerprint density at radius 1 is 1.61 bits per heavy atom. The lowest BCUT2D eigenvalue weighted by Gasteiger charge is -2.07. The molecule has 2 heterocycles. The first-order valence-electron chi connectivity index (χ1n) is 6.33. The van der Waals surface area contributed by atoms with E-state index in [1.807, 2.05) is 13.2 Å². The van der Waals surface area contributed by atoms with Gasteiger partial charge in [0.25, 0.3) is 0 Å². The number of aromatic nitrogens is 1. The van der Waals surface area contributed by atoms with E-state index in [4.69, 9.17) is 0 Å². The molecular weight excluding hydrogens is 268 g/mol. The molecule has 18 heavy (non-hydrogen) atoms. The van der Waals surface area contributed by atoms with Gasteiger partial charge in [-0.1, -0.05) is 0 Å². The van der Waals surface area contributed by atoms with Crippen molar-refractivity contribution >= 4 is 21.2 Å². The fraction of sp³-hybridized carbons (Fsp3) is 0.750. The van der Waals surface area contributed by atoms with Crippen molar-refractivity contribution in [1.29, 1.82) is 0 Å². The Hall–Kier alpha value is -0.460. The van der Waals surface area contributed by atoms with Crippen molar-refractivity contribution in [2.75, 3.05) is 12.8 Å². The van der Waals surface area contributed by atoms with Crippen LogP contribution in [0, 0.1) is 0 Å². The smallest absolute Gasteiger partial charge is 0.153 e. The zero-order valence-corrected chi connectivity index (χ0v) is 12.5. The van der Waals surface area contributed by atoms with Crippen molar-refractivity contribution in [2.45, 2.75) is 43.9 Å². The highest BCUT2D eigenvalue weighted by atomic mass is 32.2. The fourth-order valence-electron chi connectivity index (χ4n) is 2.22. The Bertz CT molecular complexity index is 496. The van der Waals surface area contributed by atoms with Crippen LogP contribution in [0.2, 0.25) is 0 Å². The molecule has 0 bridgehead atoms. The molecule has 0 amide bonds. The molecule has 2 atom stereocenters. The highest BCUT2D eigenvalue weighted by Gasteiger charge is 2.31. The van der Waals surface area contributed by atoms with E-state index in [2.05, 4.69) is 17.2 Å². The van der Waals surface area contributed by atoms with Crippen LogP contribution in [0.1, 0.15) is 29.7 Å². The summed E-state index contributed by atoms with van der Waals surface area (Å²) in [5, 5.41) is 3.96. The van der Waals surface area contributed by atoms with Crippen LogP contribution < -0.4 is 5.32 Å². The second-order valence-corrected chi connectivity index (χ2v) is 8.55. The lowest BCUT2D eigenvalue weighted by atomic mass is 10.2. The van der Waals surface area contributed by atoms with Crippen molar-refractivity contribution in [1.82, 2.24) is 10.3 Å². The lowest BCUT2D eigenvalue weighted by molar-refractivity contribution is 0.588. The molecule has 6 heteroatoms. The maximum Gasteiger partial charge on any atom is 0.153 e. The molecule has 4 nitrogen and oxygen atoms in total. The monoisotopic (exact) mass is 288 g/mol. The first-order chi connectivity index (χ1) is 8.51. The van der Waals surface area contributed by atoms with Gasteiger partial charge >= 0.3 is 0 Å². The topological polar surface area (TPSA) is 59.1 Å². The number of nitrogens with one attached hydrogen (secondary N) is 1. The Kier molecular flexibility index (Phi) is 4.40. The first kappa shape index (κ1) is 14.0. The Labute approximate surface area is 113 Å². The molecule has 102 valence electrons. The minimum Gasteiger partial charge on any atom is -0.317 e. The fourth-order valence-corrected chi connectivity index (χ4v) is 5.30. The maximum atomic E-state index is 11.8. The van der Waals surface area contributed by atoms with E-state index in [1.165, 1.54) is 4.88 Å². The van der Waals surface area contributed by atoms with Gasteiger partial charge in [-0.25, -0.2) is 13.4 Å². The third-order valence-electron chi connectivity index (χ3n) is 3.47. The van der Waals surface area contributed by atoms with Crippen LogP contribution >= 0.6 is 11.3 Å². The highest BCUT2D eigenvalue weighted by molar-refractivity contribution is 7.92. The van der Waals surface area contributed by atoms with Gasteiger partial charge in [0.1, 0.15) is 0 Å². The minimum absolute atomic E-state index is 0.196. The molecule has 1 saturated heterocycles. The van der Waals surface area contributed by atoms with Crippen LogP contribution in [0.5, 0.6) is 0 Å².